The molecular formula is C21H34O. The second-order valence-electron chi connectivity index (χ2n) is 6.83. The maximum absolute atomic E-state index is 5.75. The molecule has 0 bridgehead atoms. The SMILES string of the molecule is CCCC/C=C\C/C=C\C[C@H]1O[C@H]1C/C=C\C1CCCCC1. The van der Waals surface area contributed by atoms with Crippen molar-refractivity contribution in [2.24, 2.45) is 5.92 Å². The number of rotatable bonds is 10. The first-order valence-electron chi connectivity index (χ1n) is 9.52. The third-order valence-electron chi connectivity index (χ3n) is 4.81. The van der Waals surface area contributed by atoms with Gasteiger partial charge in [-0.15, -0.1) is 0 Å². The van der Waals surface area contributed by atoms with E-state index in [1.54, 1.807) is 0 Å². The average Bonchev–Trinajstić information content (AvgIpc) is 3.29. The molecule has 2 aliphatic rings. The molecular weight excluding hydrogens is 268 g/mol. The van der Waals surface area contributed by atoms with Gasteiger partial charge in [0.15, 0.2) is 0 Å². The van der Waals surface area contributed by atoms with Gasteiger partial charge in [0.25, 0.3) is 0 Å². The van der Waals surface area contributed by atoms with E-state index in [9.17, 15) is 0 Å². The van der Waals surface area contributed by atoms with E-state index in [1.165, 1.54) is 51.4 Å². The molecule has 1 heterocycles. The Labute approximate surface area is 137 Å². The largest absolute Gasteiger partial charge is 0.369 e. The van der Waals surface area contributed by atoms with E-state index in [2.05, 4.69) is 43.4 Å². The van der Waals surface area contributed by atoms with Gasteiger partial charge in [0.1, 0.15) is 0 Å². The highest BCUT2D eigenvalue weighted by Crippen LogP contribution is 2.30. The Morgan fingerprint density at radius 1 is 0.864 bits per heavy atom. The summed E-state index contributed by atoms with van der Waals surface area (Å²) < 4.78 is 5.75. The van der Waals surface area contributed by atoms with Crippen LogP contribution < -0.4 is 0 Å². The van der Waals surface area contributed by atoms with Gasteiger partial charge in [0.2, 0.25) is 0 Å². The van der Waals surface area contributed by atoms with Crippen molar-refractivity contribution in [1.82, 2.24) is 0 Å². The van der Waals surface area contributed by atoms with Crippen LogP contribution in [0, 0.1) is 5.92 Å². The molecule has 22 heavy (non-hydrogen) atoms. The summed E-state index contributed by atoms with van der Waals surface area (Å²) in [5.74, 6) is 0.852. The molecule has 1 saturated carbocycles. The zero-order valence-corrected chi connectivity index (χ0v) is 14.4. The summed E-state index contributed by atoms with van der Waals surface area (Å²) in [5, 5.41) is 0. The lowest BCUT2D eigenvalue weighted by atomic mass is 9.89. The van der Waals surface area contributed by atoms with Crippen LogP contribution in [0.2, 0.25) is 0 Å². The molecule has 2 fully saturated rings. The molecule has 0 N–H and O–H groups in total. The monoisotopic (exact) mass is 302 g/mol. The number of epoxide rings is 1. The van der Waals surface area contributed by atoms with Gasteiger partial charge < -0.3 is 4.74 Å². The lowest BCUT2D eigenvalue weighted by molar-refractivity contribution is 0.371. The van der Waals surface area contributed by atoms with Crippen LogP contribution in [0.4, 0.5) is 0 Å². The summed E-state index contributed by atoms with van der Waals surface area (Å²) in [6, 6.07) is 0. The quantitative estimate of drug-likeness (QED) is 0.260. The van der Waals surface area contributed by atoms with Gasteiger partial charge in [0.05, 0.1) is 12.2 Å². The molecule has 1 aliphatic carbocycles. The molecule has 0 amide bonds. The number of hydrogen-bond acceptors (Lipinski definition) is 1. The van der Waals surface area contributed by atoms with Gasteiger partial charge in [-0.05, 0) is 44.4 Å². The second-order valence-corrected chi connectivity index (χ2v) is 6.83. The Morgan fingerprint density at radius 3 is 2.36 bits per heavy atom. The molecule has 124 valence electrons. The van der Waals surface area contributed by atoms with E-state index in [-0.39, 0.29) is 0 Å². The van der Waals surface area contributed by atoms with Gasteiger partial charge in [-0.25, -0.2) is 0 Å². The molecule has 1 aliphatic heterocycles. The van der Waals surface area contributed by atoms with Crippen molar-refractivity contribution in [2.45, 2.75) is 89.8 Å². The topological polar surface area (TPSA) is 12.5 Å². The minimum atomic E-state index is 0.483. The Balaban J connectivity index is 1.47. The van der Waals surface area contributed by atoms with Crippen LogP contribution >= 0.6 is 0 Å². The van der Waals surface area contributed by atoms with E-state index in [0.29, 0.717) is 12.2 Å². The minimum Gasteiger partial charge on any atom is -0.369 e. The number of ether oxygens (including phenoxy) is 1. The Bertz CT molecular complexity index is 360. The van der Waals surface area contributed by atoms with Crippen LogP contribution in [0.15, 0.2) is 36.5 Å². The van der Waals surface area contributed by atoms with Crippen molar-refractivity contribution >= 4 is 0 Å². The summed E-state index contributed by atoms with van der Waals surface area (Å²) in [7, 11) is 0. The summed E-state index contributed by atoms with van der Waals surface area (Å²) in [4.78, 5) is 0. The van der Waals surface area contributed by atoms with Crippen molar-refractivity contribution in [2.75, 3.05) is 0 Å². The number of unbranched alkanes of at least 4 members (excludes halogenated alkanes) is 2. The normalized spacial score (nSPS) is 26.6. The van der Waals surface area contributed by atoms with Gasteiger partial charge in [-0.2, -0.15) is 0 Å². The van der Waals surface area contributed by atoms with Crippen LogP contribution in [-0.4, -0.2) is 12.2 Å². The molecule has 2 atom stereocenters. The molecule has 0 aromatic heterocycles. The highest BCUT2D eigenvalue weighted by molar-refractivity contribution is 5.01. The fourth-order valence-electron chi connectivity index (χ4n) is 3.27. The van der Waals surface area contributed by atoms with Crippen LogP contribution in [0.3, 0.4) is 0 Å². The van der Waals surface area contributed by atoms with Crippen LogP contribution in [-0.2, 0) is 4.74 Å². The molecule has 1 heteroatoms. The zero-order valence-electron chi connectivity index (χ0n) is 14.4. The van der Waals surface area contributed by atoms with E-state index in [4.69, 9.17) is 4.74 Å². The number of allylic oxidation sites excluding steroid dienone is 4. The maximum Gasteiger partial charge on any atom is 0.0879 e. The second kappa shape index (κ2) is 10.8. The zero-order chi connectivity index (χ0) is 15.5. The third-order valence-corrected chi connectivity index (χ3v) is 4.81. The molecule has 0 unspecified atom stereocenters. The van der Waals surface area contributed by atoms with Crippen molar-refractivity contribution in [3.05, 3.63) is 36.5 Å². The van der Waals surface area contributed by atoms with Crippen LogP contribution in [0.1, 0.15) is 77.6 Å². The molecule has 0 aromatic rings. The van der Waals surface area contributed by atoms with Crippen molar-refractivity contribution in [1.29, 1.82) is 0 Å². The predicted molar refractivity (Wildman–Crippen MR) is 96.0 cm³/mol. The van der Waals surface area contributed by atoms with Gasteiger partial charge in [0, 0.05) is 0 Å². The van der Waals surface area contributed by atoms with Gasteiger partial charge in [-0.3, -0.25) is 0 Å². The van der Waals surface area contributed by atoms with E-state index in [0.717, 1.165) is 25.2 Å². The first-order valence-corrected chi connectivity index (χ1v) is 9.52. The lowest BCUT2D eigenvalue weighted by Gasteiger charge is -2.17. The van der Waals surface area contributed by atoms with Crippen LogP contribution in [0.5, 0.6) is 0 Å². The minimum absolute atomic E-state index is 0.483. The summed E-state index contributed by atoms with van der Waals surface area (Å²) in [6.45, 7) is 2.24. The van der Waals surface area contributed by atoms with E-state index >= 15 is 0 Å². The predicted octanol–water partition coefficient (Wildman–Crippen LogP) is 6.36. The Hall–Kier alpha value is -0.820. The van der Waals surface area contributed by atoms with Crippen LogP contribution in [0.25, 0.3) is 0 Å². The molecule has 0 radical (unpaired) electrons. The number of hydrogen-bond donors (Lipinski definition) is 0. The van der Waals surface area contributed by atoms with E-state index in [1.807, 2.05) is 0 Å². The van der Waals surface area contributed by atoms with Crippen molar-refractivity contribution in [3.8, 4) is 0 Å². The summed E-state index contributed by atoms with van der Waals surface area (Å²) in [6.07, 6.45) is 29.2. The Kier molecular flexibility index (Phi) is 8.63. The smallest absolute Gasteiger partial charge is 0.0879 e. The lowest BCUT2D eigenvalue weighted by Crippen LogP contribution is -2.02. The first-order chi connectivity index (χ1) is 10.9. The molecule has 1 saturated heterocycles. The van der Waals surface area contributed by atoms with Crippen molar-refractivity contribution < 1.29 is 4.74 Å². The standard InChI is InChI=1S/C21H34O/c1-2-3-4-5-6-7-8-12-17-20-21(22-20)18-13-16-19-14-10-9-11-15-19/h5-6,8,12-13,16,19-21H,2-4,7,9-11,14-15,17-18H2,1H3/b6-5-,12-8-,16-13-/t20-,21+/m1/s1. The molecule has 1 nitrogen and oxygen atoms in total. The Morgan fingerprint density at radius 2 is 1.59 bits per heavy atom. The average molecular weight is 303 g/mol. The molecule has 2 rings (SSSR count). The molecule has 0 spiro atoms. The van der Waals surface area contributed by atoms with E-state index < -0.39 is 0 Å². The maximum atomic E-state index is 5.75. The third kappa shape index (κ3) is 7.45. The first kappa shape index (κ1) is 17.5. The van der Waals surface area contributed by atoms with Crippen molar-refractivity contribution in [3.63, 3.8) is 0 Å². The summed E-state index contributed by atoms with van der Waals surface area (Å²) in [5.41, 5.74) is 0. The highest BCUT2D eigenvalue weighted by atomic mass is 16.6. The fourth-order valence-corrected chi connectivity index (χ4v) is 3.27. The van der Waals surface area contributed by atoms with Gasteiger partial charge >= 0.3 is 0 Å². The van der Waals surface area contributed by atoms with Gasteiger partial charge in [-0.1, -0.05) is 75.5 Å². The highest BCUT2D eigenvalue weighted by Gasteiger charge is 2.36. The summed E-state index contributed by atoms with van der Waals surface area (Å²) >= 11 is 0. The fraction of sp³-hybridized carbons (Fsp3) is 0.714. The molecule has 0 aromatic carbocycles.